The first-order chi connectivity index (χ1) is 6.93. The van der Waals surface area contributed by atoms with Gasteiger partial charge in [-0.2, -0.15) is 10.1 Å². The van der Waals surface area contributed by atoms with Crippen molar-refractivity contribution in [1.82, 2.24) is 15.2 Å². The fraction of sp³-hybridized carbons (Fsp3) is 1.00. The second-order valence-corrected chi connectivity index (χ2v) is 3.32. The molecule has 0 spiro atoms. The summed E-state index contributed by atoms with van der Waals surface area (Å²) in [7, 11) is 12.0. The van der Waals surface area contributed by atoms with E-state index in [9.17, 15) is 10.1 Å². The van der Waals surface area contributed by atoms with Gasteiger partial charge in [-0.25, -0.2) is 0 Å². The zero-order valence-corrected chi connectivity index (χ0v) is 11.5. The predicted molar refractivity (Wildman–Crippen MR) is 104 cm³/mol. The lowest BCUT2D eigenvalue weighted by Crippen LogP contribution is -2.01. The molecule has 0 aromatic heterocycles. The van der Waals surface area contributed by atoms with E-state index in [-0.39, 0.29) is 44.6 Å². The number of nitroso groups, excluding NO2 is 1. The van der Waals surface area contributed by atoms with Gasteiger partial charge in [-0.1, -0.05) is 44.6 Å². The number of nitrogens with zero attached hydrogens (tertiary/aromatic N) is 4. The summed E-state index contributed by atoms with van der Waals surface area (Å²) in [5.41, 5.74) is 0. The van der Waals surface area contributed by atoms with Crippen molar-refractivity contribution in [3.8, 4) is 0 Å². The standard InChI is InChI=1S/2C2H7NO.2C2H6NO.6CH4/c4*1-3(2)4;;;;;;/h2*4H,1-2H3;2*1-2H3;6*1H4/q;;-1;+1;;;;;;. The van der Waals surface area contributed by atoms with Crippen LogP contribution in [0.15, 0.2) is 0 Å². The number of rotatable bonds is 0. The van der Waals surface area contributed by atoms with E-state index in [1.54, 1.807) is 28.2 Å². The summed E-state index contributed by atoms with van der Waals surface area (Å²) >= 11 is 0. The van der Waals surface area contributed by atoms with Crippen LogP contribution in [0.3, 0.4) is 0 Å². The molecular formula is C14H50N4O4. The Morgan fingerprint density at radius 3 is 0.682 bits per heavy atom. The molecular weight excluding hydrogens is 288 g/mol. The van der Waals surface area contributed by atoms with E-state index in [1.807, 2.05) is 0 Å². The smallest absolute Gasteiger partial charge is 0.182 e. The molecule has 0 aliphatic heterocycles. The first-order valence-corrected chi connectivity index (χ1v) is 4.34. The molecule has 0 atom stereocenters. The number of hydrogen-bond acceptors (Lipinski definition) is 7. The zero-order chi connectivity index (χ0) is 14.3. The van der Waals surface area contributed by atoms with Crippen molar-refractivity contribution in [3.05, 3.63) is 10.1 Å². The molecule has 0 heterocycles. The van der Waals surface area contributed by atoms with Crippen molar-refractivity contribution in [2.75, 3.05) is 56.4 Å². The van der Waals surface area contributed by atoms with Gasteiger partial charge in [-0.15, -0.1) is 0 Å². The SMILES string of the molecule is C.C.C.C.C.C.CN(C)O.CN(C)O.CN(C)[O-].C[N+](C)=O. The molecule has 0 rings (SSSR count). The molecule has 0 unspecified atom stereocenters. The molecule has 0 aliphatic rings. The van der Waals surface area contributed by atoms with Crippen LogP contribution in [0.25, 0.3) is 0 Å². The fourth-order valence-corrected chi connectivity index (χ4v) is 0. The zero-order valence-electron chi connectivity index (χ0n) is 11.5. The topological polar surface area (TPSA) is 93.3 Å². The van der Waals surface area contributed by atoms with Gasteiger partial charge < -0.3 is 20.7 Å². The Morgan fingerprint density at radius 2 is 0.682 bits per heavy atom. The van der Waals surface area contributed by atoms with E-state index < -0.39 is 0 Å². The van der Waals surface area contributed by atoms with Crippen molar-refractivity contribution in [2.45, 2.75) is 44.6 Å². The van der Waals surface area contributed by atoms with Crippen molar-refractivity contribution < 1.29 is 15.2 Å². The van der Waals surface area contributed by atoms with Gasteiger partial charge in [0, 0.05) is 33.1 Å². The Balaban J connectivity index is -0.00000001000. The summed E-state index contributed by atoms with van der Waals surface area (Å²) in [5.74, 6) is 0. The highest BCUT2D eigenvalue weighted by molar-refractivity contribution is 4.27. The highest BCUT2D eigenvalue weighted by Gasteiger charge is 1.66. The normalized spacial score (nSPS) is 6.09. The molecule has 0 saturated carbocycles. The molecule has 0 saturated heterocycles. The minimum Gasteiger partial charge on any atom is -0.785 e. The van der Waals surface area contributed by atoms with Crippen LogP contribution in [0.2, 0.25) is 0 Å². The van der Waals surface area contributed by atoms with Gasteiger partial charge in [-0.3, -0.25) is 0 Å². The lowest BCUT2D eigenvalue weighted by atomic mass is 11.2. The maximum atomic E-state index is 9.36. The third-order valence-electron chi connectivity index (χ3n) is 0. The molecule has 150 valence electrons. The van der Waals surface area contributed by atoms with Crippen molar-refractivity contribution >= 4 is 0 Å². The quantitative estimate of drug-likeness (QED) is 0.513. The molecule has 22 heavy (non-hydrogen) atoms. The fourth-order valence-electron chi connectivity index (χ4n) is 0. The molecule has 0 fully saturated rings. The van der Waals surface area contributed by atoms with E-state index in [2.05, 4.69) is 0 Å². The maximum Gasteiger partial charge on any atom is 0.182 e. The van der Waals surface area contributed by atoms with Crippen molar-refractivity contribution in [2.24, 2.45) is 0 Å². The molecule has 0 aromatic rings. The van der Waals surface area contributed by atoms with Gasteiger partial charge in [0.2, 0.25) is 0 Å². The van der Waals surface area contributed by atoms with Crippen LogP contribution >= 0.6 is 0 Å². The van der Waals surface area contributed by atoms with Crippen LogP contribution in [-0.2, 0) is 0 Å². The van der Waals surface area contributed by atoms with E-state index >= 15 is 0 Å². The largest absolute Gasteiger partial charge is 0.785 e. The molecule has 0 aliphatic carbocycles. The molecule has 0 radical (unpaired) electrons. The monoisotopic (exact) mass is 338 g/mol. The average Bonchev–Trinajstić information content (AvgIpc) is 1.76. The Hall–Kier alpha value is -0.640. The lowest BCUT2D eigenvalue weighted by Gasteiger charge is -2.11. The third-order valence-corrected chi connectivity index (χ3v) is 0. The summed E-state index contributed by atoms with van der Waals surface area (Å²) in [6.07, 6.45) is 0. The van der Waals surface area contributed by atoms with Crippen molar-refractivity contribution in [1.29, 1.82) is 0 Å². The molecule has 8 nitrogen and oxygen atoms in total. The minimum atomic E-state index is 0. The van der Waals surface area contributed by atoms with Crippen molar-refractivity contribution in [3.63, 3.8) is 0 Å². The Morgan fingerprint density at radius 1 is 0.682 bits per heavy atom. The van der Waals surface area contributed by atoms with Crippen LogP contribution < -0.4 is 0 Å². The van der Waals surface area contributed by atoms with Crippen LogP contribution in [0, 0.1) is 10.1 Å². The molecule has 8 heteroatoms. The highest BCUT2D eigenvalue weighted by atomic mass is 16.5. The summed E-state index contributed by atoms with van der Waals surface area (Å²) in [4.78, 5) is 9.36. The average molecular weight is 339 g/mol. The Bertz CT molecular complexity index is 109. The van der Waals surface area contributed by atoms with Gasteiger partial charge in [-0.05, 0) is 18.9 Å². The number of hydrogen-bond donors (Lipinski definition) is 2. The van der Waals surface area contributed by atoms with Crippen LogP contribution in [0.1, 0.15) is 44.6 Å². The number of hydroxylamine groups is 6. The van der Waals surface area contributed by atoms with E-state index in [0.29, 0.717) is 0 Å². The van der Waals surface area contributed by atoms with E-state index in [4.69, 9.17) is 10.4 Å². The lowest BCUT2D eigenvalue weighted by molar-refractivity contribution is -0.486. The molecule has 0 amide bonds. The predicted octanol–water partition coefficient (Wildman–Crippen LogP) is 3.76. The van der Waals surface area contributed by atoms with Gasteiger partial charge in [0.1, 0.15) is 0 Å². The second-order valence-electron chi connectivity index (χ2n) is 3.32. The van der Waals surface area contributed by atoms with Gasteiger partial charge >= 0.3 is 0 Å². The summed E-state index contributed by atoms with van der Waals surface area (Å²) in [6.45, 7) is 0. The Labute approximate surface area is 142 Å². The molecule has 2 N–H and O–H groups in total. The van der Waals surface area contributed by atoms with E-state index in [0.717, 1.165) is 19.9 Å². The van der Waals surface area contributed by atoms with Crippen LogP contribution in [0.4, 0.5) is 0 Å². The Kier molecular flexibility index (Phi) is 184. The van der Waals surface area contributed by atoms with Crippen LogP contribution in [0.5, 0.6) is 0 Å². The second kappa shape index (κ2) is 59.1. The van der Waals surface area contributed by atoms with Gasteiger partial charge in [0.25, 0.3) is 0 Å². The summed E-state index contributed by atoms with van der Waals surface area (Å²) in [5, 5.41) is 27.9. The van der Waals surface area contributed by atoms with Gasteiger partial charge in [0.15, 0.2) is 14.1 Å². The molecule has 0 bridgehead atoms. The highest BCUT2D eigenvalue weighted by Crippen LogP contribution is 1.52. The first kappa shape index (κ1) is 68.6. The van der Waals surface area contributed by atoms with Crippen LogP contribution in [-0.4, -0.2) is 86.7 Å². The third kappa shape index (κ3) is 15900. The summed E-state index contributed by atoms with van der Waals surface area (Å²) < 4.78 is 0.750. The first-order valence-electron chi connectivity index (χ1n) is 4.34. The van der Waals surface area contributed by atoms with Gasteiger partial charge in [0.05, 0.1) is 0 Å². The summed E-state index contributed by atoms with van der Waals surface area (Å²) in [6, 6.07) is 0. The minimum absolute atomic E-state index is 0. The molecule has 0 aromatic carbocycles. The maximum absolute atomic E-state index is 9.36. The van der Waals surface area contributed by atoms with E-state index in [1.165, 1.54) is 28.2 Å².